The van der Waals surface area contributed by atoms with Crippen LogP contribution in [0.25, 0.3) is 22.6 Å². The maximum atomic E-state index is 6.12. The number of thioether (sulfide) groups is 1. The van der Waals surface area contributed by atoms with Crippen molar-refractivity contribution in [2.45, 2.75) is 57.0 Å². The zero-order chi connectivity index (χ0) is 22.7. The molecule has 0 fully saturated rings. The van der Waals surface area contributed by atoms with Crippen molar-refractivity contribution in [2.24, 2.45) is 0 Å². The van der Waals surface area contributed by atoms with Crippen molar-refractivity contribution in [3.8, 4) is 11.5 Å². The van der Waals surface area contributed by atoms with Gasteiger partial charge in [-0.05, 0) is 48.7 Å². The van der Waals surface area contributed by atoms with Gasteiger partial charge in [0.05, 0.1) is 16.1 Å². The van der Waals surface area contributed by atoms with Gasteiger partial charge in [-0.2, -0.15) is 5.10 Å². The van der Waals surface area contributed by atoms with Crippen LogP contribution >= 0.6 is 11.8 Å². The highest BCUT2D eigenvalue weighted by atomic mass is 32.2. The normalized spacial score (nSPS) is 12.0. The minimum atomic E-state index is -1.13. The van der Waals surface area contributed by atoms with Crippen molar-refractivity contribution in [1.29, 1.82) is 0 Å². The van der Waals surface area contributed by atoms with Gasteiger partial charge in [-0.15, -0.1) is 11.8 Å². The largest absolute Gasteiger partial charge is 0.361 e. The summed E-state index contributed by atoms with van der Waals surface area (Å²) in [6, 6.07) is 18.1. The summed E-state index contributed by atoms with van der Waals surface area (Å²) in [7, 11) is -1.13. The zero-order valence-electron chi connectivity index (χ0n) is 19.6. The molecule has 4 aromatic rings. The van der Waals surface area contributed by atoms with E-state index in [0.29, 0.717) is 6.73 Å². The SMILES string of the molecule is Cc1cc2nc(-c3cc(SCc4ccccc4)[nH]n3)n(COCC[Si](C)(C)C)c2cc1C. The first kappa shape index (κ1) is 22.8. The monoisotopic (exact) mass is 464 g/mol. The molecule has 0 aliphatic carbocycles. The molecule has 32 heavy (non-hydrogen) atoms. The van der Waals surface area contributed by atoms with E-state index < -0.39 is 8.07 Å². The van der Waals surface area contributed by atoms with E-state index in [9.17, 15) is 0 Å². The summed E-state index contributed by atoms with van der Waals surface area (Å²) in [4.78, 5) is 4.94. The molecule has 7 heteroatoms. The number of hydrogen-bond acceptors (Lipinski definition) is 4. The minimum Gasteiger partial charge on any atom is -0.361 e. The van der Waals surface area contributed by atoms with Gasteiger partial charge in [-0.1, -0.05) is 50.0 Å². The predicted molar refractivity (Wildman–Crippen MR) is 137 cm³/mol. The van der Waals surface area contributed by atoms with Crippen LogP contribution in [-0.4, -0.2) is 34.4 Å². The number of benzene rings is 2. The number of nitrogens with one attached hydrogen (secondary N) is 1. The fraction of sp³-hybridized carbons (Fsp3) is 0.360. The van der Waals surface area contributed by atoms with Crippen LogP contribution in [0, 0.1) is 13.8 Å². The fourth-order valence-electron chi connectivity index (χ4n) is 3.47. The third-order valence-corrected chi connectivity index (χ3v) is 8.30. The number of fused-ring (bicyclic) bond motifs is 1. The molecular weight excluding hydrogens is 432 g/mol. The third kappa shape index (κ3) is 5.52. The highest BCUT2D eigenvalue weighted by molar-refractivity contribution is 7.98. The molecule has 0 saturated heterocycles. The van der Waals surface area contributed by atoms with Crippen molar-refractivity contribution in [2.75, 3.05) is 6.61 Å². The second-order valence-electron chi connectivity index (χ2n) is 9.53. The smallest absolute Gasteiger partial charge is 0.163 e. The van der Waals surface area contributed by atoms with Crippen LogP contribution in [0.5, 0.6) is 0 Å². The van der Waals surface area contributed by atoms with Gasteiger partial charge in [0.2, 0.25) is 0 Å². The maximum absolute atomic E-state index is 6.12. The van der Waals surface area contributed by atoms with E-state index in [1.165, 1.54) is 16.7 Å². The molecule has 0 saturated carbocycles. The van der Waals surface area contributed by atoms with Gasteiger partial charge in [-0.25, -0.2) is 4.98 Å². The highest BCUT2D eigenvalue weighted by Crippen LogP contribution is 2.29. The number of nitrogens with zero attached hydrogens (tertiary/aromatic N) is 3. The van der Waals surface area contributed by atoms with Gasteiger partial charge in [0.25, 0.3) is 0 Å². The molecule has 0 amide bonds. The van der Waals surface area contributed by atoms with Crippen LogP contribution in [-0.2, 0) is 17.2 Å². The molecule has 1 N–H and O–H groups in total. The van der Waals surface area contributed by atoms with Gasteiger partial charge in [0.15, 0.2) is 5.82 Å². The summed E-state index contributed by atoms with van der Waals surface area (Å²) < 4.78 is 8.28. The number of hydrogen-bond donors (Lipinski definition) is 1. The van der Waals surface area contributed by atoms with Gasteiger partial charge >= 0.3 is 0 Å². The standard InChI is InChI=1S/C25H32N4OSSi/c1-18-13-21-23(14-19(18)2)29(17-30-11-12-32(3,4)5)25(26-21)22-15-24(28-27-22)31-16-20-9-7-6-8-10-20/h6-10,13-15H,11-12,16-17H2,1-5H3,(H,27,28). The quantitative estimate of drug-likeness (QED) is 0.171. The molecule has 0 aliphatic rings. The molecule has 0 bridgehead atoms. The van der Waals surface area contributed by atoms with Crippen molar-refractivity contribution < 1.29 is 4.74 Å². The molecule has 2 aromatic heterocycles. The lowest BCUT2D eigenvalue weighted by molar-refractivity contribution is 0.0909. The van der Waals surface area contributed by atoms with E-state index in [4.69, 9.17) is 9.72 Å². The summed E-state index contributed by atoms with van der Waals surface area (Å²) in [5, 5.41) is 8.81. The van der Waals surface area contributed by atoms with E-state index in [1.807, 2.05) is 6.07 Å². The highest BCUT2D eigenvalue weighted by Gasteiger charge is 2.18. The first-order valence-corrected chi connectivity index (χ1v) is 15.8. The number of ether oxygens (including phenoxy) is 1. The number of rotatable bonds is 9. The van der Waals surface area contributed by atoms with Crippen LogP contribution < -0.4 is 0 Å². The summed E-state index contributed by atoms with van der Waals surface area (Å²) in [6.07, 6.45) is 0. The van der Waals surface area contributed by atoms with Gasteiger partial charge < -0.3 is 4.74 Å². The van der Waals surface area contributed by atoms with Crippen LogP contribution in [0.1, 0.15) is 16.7 Å². The topological polar surface area (TPSA) is 55.7 Å². The van der Waals surface area contributed by atoms with Crippen molar-refractivity contribution in [1.82, 2.24) is 19.7 Å². The first-order valence-electron chi connectivity index (χ1n) is 11.1. The summed E-state index contributed by atoms with van der Waals surface area (Å²) in [5.74, 6) is 1.75. The van der Waals surface area contributed by atoms with E-state index in [1.54, 1.807) is 11.8 Å². The second kappa shape index (κ2) is 9.64. The summed E-state index contributed by atoms with van der Waals surface area (Å²) in [5.41, 5.74) is 6.72. The average Bonchev–Trinajstić information content (AvgIpc) is 3.35. The average molecular weight is 465 g/mol. The molecule has 0 atom stereocenters. The Kier molecular flexibility index (Phi) is 6.88. The number of imidazole rings is 1. The van der Waals surface area contributed by atoms with Crippen LogP contribution in [0.15, 0.2) is 53.6 Å². The molecular formula is C25H32N4OSSi. The lowest BCUT2D eigenvalue weighted by Crippen LogP contribution is -2.22. The minimum absolute atomic E-state index is 0.484. The number of aryl methyl sites for hydroxylation is 2. The van der Waals surface area contributed by atoms with Crippen LogP contribution in [0.4, 0.5) is 0 Å². The Morgan fingerprint density at radius 2 is 1.78 bits per heavy atom. The Bertz CT molecular complexity index is 1190. The Balaban J connectivity index is 1.59. The molecule has 0 unspecified atom stereocenters. The van der Waals surface area contributed by atoms with Gasteiger partial charge in [-0.3, -0.25) is 9.67 Å². The first-order chi connectivity index (χ1) is 15.3. The summed E-state index contributed by atoms with van der Waals surface area (Å²) >= 11 is 1.75. The number of H-pyrrole nitrogens is 1. The van der Waals surface area contributed by atoms with Crippen molar-refractivity contribution in [3.63, 3.8) is 0 Å². The van der Waals surface area contributed by atoms with Crippen LogP contribution in [0.3, 0.4) is 0 Å². The Labute approximate surface area is 195 Å². The van der Waals surface area contributed by atoms with Crippen LogP contribution in [0.2, 0.25) is 25.7 Å². The van der Waals surface area contributed by atoms with Gasteiger partial charge in [0, 0.05) is 26.5 Å². The van der Waals surface area contributed by atoms with E-state index in [0.717, 1.165) is 46.0 Å². The van der Waals surface area contributed by atoms with E-state index in [2.05, 4.69) is 90.7 Å². The second-order valence-corrected chi connectivity index (χ2v) is 16.2. The molecule has 0 radical (unpaired) electrons. The number of aromatic nitrogens is 4. The fourth-order valence-corrected chi connectivity index (χ4v) is 5.04. The summed E-state index contributed by atoms with van der Waals surface area (Å²) in [6.45, 7) is 12.7. The van der Waals surface area contributed by atoms with Gasteiger partial charge in [0.1, 0.15) is 12.4 Å². The van der Waals surface area contributed by atoms with Crippen molar-refractivity contribution >= 4 is 30.9 Å². The zero-order valence-corrected chi connectivity index (χ0v) is 21.4. The third-order valence-electron chi connectivity index (χ3n) is 5.60. The number of aromatic amines is 1. The van der Waals surface area contributed by atoms with Crippen molar-refractivity contribution in [3.05, 3.63) is 65.2 Å². The predicted octanol–water partition coefficient (Wildman–Crippen LogP) is 6.65. The van der Waals surface area contributed by atoms with E-state index in [-0.39, 0.29) is 0 Å². The molecule has 5 nitrogen and oxygen atoms in total. The lowest BCUT2D eigenvalue weighted by Gasteiger charge is -2.16. The molecule has 0 aliphatic heterocycles. The Morgan fingerprint density at radius 1 is 1.03 bits per heavy atom. The molecule has 2 heterocycles. The Hall–Kier alpha value is -2.35. The molecule has 2 aromatic carbocycles. The molecule has 4 rings (SSSR count). The molecule has 168 valence electrons. The Morgan fingerprint density at radius 3 is 2.53 bits per heavy atom. The lowest BCUT2D eigenvalue weighted by atomic mass is 10.1. The van der Waals surface area contributed by atoms with E-state index >= 15 is 0 Å². The molecule has 0 spiro atoms. The maximum Gasteiger partial charge on any atom is 0.163 e.